The zero-order chi connectivity index (χ0) is 10.9. The van der Waals surface area contributed by atoms with E-state index in [1.165, 1.54) is 51.4 Å². The molecular weight excluding hydrogens is 184 g/mol. The molecule has 1 nitrogen and oxygen atoms in total. The molecule has 1 fully saturated rings. The Bertz CT molecular complexity index is 168. The van der Waals surface area contributed by atoms with E-state index in [4.69, 9.17) is 0 Å². The number of hydrogen-bond acceptors (Lipinski definition) is 1. The highest BCUT2D eigenvalue weighted by Gasteiger charge is 2.16. The minimum Gasteiger partial charge on any atom is -0.300 e. The maximum absolute atomic E-state index is 11.7. The zero-order valence-electron chi connectivity index (χ0n) is 10.3. The van der Waals surface area contributed by atoms with Crippen molar-refractivity contribution in [3.05, 3.63) is 0 Å². The Labute approximate surface area is 94.6 Å². The lowest BCUT2D eigenvalue weighted by atomic mass is 9.85. The fourth-order valence-electron chi connectivity index (χ4n) is 2.56. The predicted octanol–water partition coefficient (Wildman–Crippen LogP) is 4.50. The molecule has 0 saturated heterocycles. The molecule has 15 heavy (non-hydrogen) atoms. The van der Waals surface area contributed by atoms with Crippen LogP contribution >= 0.6 is 0 Å². The summed E-state index contributed by atoms with van der Waals surface area (Å²) in [5, 5.41) is 0. The molecule has 0 aromatic heterocycles. The van der Waals surface area contributed by atoms with Crippen molar-refractivity contribution in [1.29, 1.82) is 0 Å². The number of unbranched alkanes of at least 4 members (excludes halogenated alkanes) is 3. The molecule has 0 atom stereocenters. The molecule has 1 aliphatic carbocycles. The Balaban J connectivity index is 2.01. The van der Waals surface area contributed by atoms with E-state index in [1.54, 1.807) is 0 Å². The van der Waals surface area contributed by atoms with E-state index in [-0.39, 0.29) is 0 Å². The average molecular weight is 210 g/mol. The Kier molecular flexibility index (Phi) is 6.71. The number of rotatable bonds is 7. The first-order valence-corrected chi connectivity index (χ1v) is 6.84. The van der Waals surface area contributed by atoms with Crippen LogP contribution in [0.5, 0.6) is 0 Å². The van der Waals surface area contributed by atoms with Gasteiger partial charge in [-0.15, -0.1) is 0 Å². The monoisotopic (exact) mass is 210 g/mol. The van der Waals surface area contributed by atoms with E-state index in [2.05, 4.69) is 6.92 Å². The summed E-state index contributed by atoms with van der Waals surface area (Å²) in [5.74, 6) is 1.26. The summed E-state index contributed by atoms with van der Waals surface area (Å²) >= 11 is 0. The molecule has 88 valence electrons. The lowest BCUT2D eigenvalue weighted by Gasteiger charge is -2.20. The van der Waals surface area contributed by atoms with E-state index < -0.39 is 0 Å². The van der Waals surface area contributed by atoms with Gasteiger partial charge >= 0.3 is 0 Å². The van der Waals surface area contributed by atoms with Crippen molar-refractivity contribution >= 4 is 5.78 Å². The van der Waals surface area contributed by atoms with Crippen molar-refractivity contribution in [1.82, 2.24) is 0 Å². The Morgan fingerprint density at radius 2 is 1.80 bits per heavy atom. The van der Waals surface area contributed by atoms with Gasteiger partial charge in [0.15, 0.2) is 0 Å². The van der Waals surface area contributed by atoms with Crippen LogP contribution in [0.15, 0.2) is 0 Å². The van der Waals surface area contributed by atoms with Gasteiger partial charge in [0.2, 0.25) is 0 Å². The second kappa shape index (κ2) is 7.90. The number of ketones is 1. The van der Waals surface area contributed by atoms with Gasteiger partial charge in [-0.25, -0.2) is 0 Å². The minimum atomic E-state index is 0.526. The highest BCUT2D eigenvalue weighted by atomic mass is 16.1. The molecule has 0 heterocycles. The van der Waals surface area contributed by atoms with Gasteiger partial charge in [0.1, 0.15) is 5.78 Å². The third kappa shape index (κ3) is 5.96. The first-order valence-electron chi connectivity index (χ1n) is 6.84. The molecular formula is C14H26O. The highest BCUT2D eigenvalue weighted by Crippen LogP contribution is 2.27. The van der Waals surface area contributed by atoms with Crippen molar-refractivity contribution < 1.29 is 4.79 Å². The van der Waals surface area contributed by atoms with Crippen LogP contribution in [0, 0.1) is 5.92 Å². The Morgan fingerprint density at radius 3 is 2.47 bits per heavy atom. The summed E-state index contributed by atoms with van der Waals surface area (Å²) in [4.78, 5) is 11.7. The smallest absolute Gasteiger partial charge is 0.133 e. The van der Waals surface area contributed by atoms with Crippen molar-refractivity contribution in [2.24, 2.45) is 5.92 Å². The molecule has 0 aromatic rings. The Hall–Kier alpha value is -0.330. The van der Waals surface area contributed by atoms with Crippen molar-refractivity contribution in [2.45, 2.75) is 77.6 Å². The normalized spacial score (nSPS) is 17.9. The van der Waals surface area contributed by atoms with Crippen molar-refractivity contribution in [2.75, 3.05) is 0 Å². The lowest BCUT2D eigenvalue weighted by molar-refractivity contribution is -0.120. The van der Waals surface area contributed by atoms with Gasteiger partial charge in [-0.05, 0) is 12.3 Å². The summed E-state index contributed by atoms with van der Waals surface area (Å²) in [6, 6.07) is 0. The second-order valence-electron chi connectivity index (χ2n) is 5.06. The van der Waals surface area contributed by atoms with Gasteiger partial charge in [-0.2, -0.15) is 0 Å². The highest BCUT2D eigenvalue weighted by molar-refractivity contribution is 5.78. The largest absolute Gasteiger partial charge is 0.300 e. The van der Waals surface area contributed by atoms with Crippen LogP contribution in [-0.4, -0.2) is 5.78 Å². The fraction of sp³-hybridized carbons (Fsp3) is 0.929. The van der Waals surface area contributed by atoms with E-state index in [0.29, 0.717) is 5.78 Å². The summed E-state index contributed by atoms with van der Waals surface area (Å²) in [7, 11) is 0. The predicted molar refractivity (Wildman–Crippen MR) is 65.0 cm³/mol. The molecule has 0 amide bonds. The van der Waals surface area contributed by atoms with Gasteiger partial charge in [0, 0.05) is 12.8 Å². The quantitative estimate of drug-likeness (QED) is 0.566. The second-order valence-corrected chi connectivity index (χ2v) is 5.06. The van der Waals surface area contributed by atoms with Gasteiger partial charge in [-0.1, -0.05) is 58.3 Å². The average Bonchev–Trinajstić information content (AvgIpc) is 2.26. The molecule has 0 unspecified atom stereocenters. The van der Waals surface area contributed by atoms with Gasteiger partial charge in [-0.3, -0.25) is 4.79 Å². The zero-order valence-corrected chi connectivity index (χ0v) is 10.3. The van der Waals surface area contributed by atoms with E-state index in [1.807, 2.05) is 0 Å². The van der Waals surface area contributed by atoms with Crippen LogP contribution in [0.25, 0.3) is 0 Å². The first kappa shape index (κ1) is 12.7. The van der Waals surface area contributed by atoms with Crippen molar-refractivity contribution in [3.8, 4) is 0 Å². The fourth-order valence-corrected chi connectivity index (χ4v) is 2.56. The minimum absolute atomic E-state index is 0.526. The molecule has 0 aliphatic heterocycles. The SMILES string of the molecule is CCCCCCC(=O)CC1CCCCC1. The Morgan fingerprint density at radius 1 is 1.07 bits per heavy atom. The number of Topliss-reactive ketones (excluding diaryl/α,β-unsaturated/α-hetero) is 1. The van der Waals surface area contributed by atoms with Gasteiger partial charge in [0.25, 0.3) is 0 Å². The van der Waals surface area contributed by atoms with E-state index in [0.717, 1.165) is 25.2 Å². The summed E-state index contributed by atoms with van der Waals surface area (Å²) in [6.45, 7) is 2.21. The third-order valence-corrected chi connectivity index (χ3v) is 3.55. The van der Waals surface area contributed by atoms with Crippen LogP contribution in [0.4, 0.5) is 0 Å². The number of hydrogen-bond donors (Lipinski definition) is 0. The molecule has 0 bridgehead atoms. The standard InChI is InChI=1S/C14H26O/c1-2-3-4-8-11-14(15)12-13-9-6-5-7-10-13/h13H,2-12H2,1H3. The third-order valence-electron chi connectivity index (χ3n) is 3.55. The van der Waals surface area contributed by atoms with Crippen LogP contribution < -0.4 is 0 Å². The van der Waals surface area contributed by atoms with Gasteiger partial charge < -0.3 is 0 Å². The molecule has 0 N–H and O–H groups in total. The van der Waals surface area contributed by atoms with Crippen molar-refractivity contribution in [3.63, 3.8) is 0 Å². The maximum atomic E-state index is 11.7. The molecule has 1 aliphatic rings. The molecule has 1 rings (SSSR count). The first-order chi connectivity index (χ1) is 7.33. The number of carbonyl (C=O) groups is 1. The maximum Gasteiger partial charge on any atom is 0.133 e. The lowest BCUT2D eigenvalue weighted by Crippen LogP contribution is -2.11. The molecule has 0 spiro atoms. The van der Waals surface area contributed by atoms with Gasteiger partial charge in [0.05, 0.1) is 0 Å². The molecule has 0 aromatic carbocycles. The summed E-state index contributed by atoms with van der Waals surface area (Å²) in [6.07, 6.45) is 13.4. The van der Waals surface area contributed by atoms with Crippen LogP contribution in [0.3, 0.4) is 0 Å². The van der Waals surface area contributed by atoms with Crippen LogP contribution in [0.1, 0.15) is 77.6 Å². The van der Waals surface area contributed by atoms with E-state index in [9.17, 15) is 4.79 Å². The summed E-state index contributed by atoms with van der Waals surface area (Å²) in [5.41, 5.74) is 0. The topological polar surface area (TPSA) is 17.1 Å². The molecule has 1 saturated carbocycles. The summed E-state index contributed by atoms with van der Waals surface area (Å²) < 4.78 is 0. The van der Waals surface area contributed by atoms with Crippen LogP contribution in [0.2, 0.25) is 0 Å². The van der Waals surface area contributed by atoms with Crippen LogP contribution in [-0.2, 0) is 4.79 Å². The van der Waals surface area contributed by atoms with E-state index >= 15 is 0 Å². The molecule has 0 radical (unpaired) electrons. The molecule has 1 heteroatoms. The number of carbonyl (C=O) groups excluding carboxylic acids is 1.